The van der Waals surface area contributed by atoms with Gasteiger partial charge in [0.1, 0.15) is 43.0 Å². The monoisotopic (exact) mass is 749 g/mol. The standard InChI is InChI=1S/C42H55NO11/c1-8-33-24(2)19-20-41(54-33)23-30-22-29(53-41)18-17-26(4)36(51-39(46)34(43-49-7)28-14-10-9-11-15-28)25(3)13-12-16-31-40(48-6)52-37-35(44)27(5)21-32(38(45)50-30)42(31,37)47/h9-17,21,24-25,29-30,32-33,35-37,40,44,47H,8,18-20,22-23H2,1-7H3/b13-12+,26-17+,31-16+,43-34-/t24-,25-,29?,30?,32?,33?,35+,36?,37?,40+,41?,42+/m0/s1. The molecule has 7 unspecified atom stereocenters. The second-order valence-corrected chi connectivity index (χ2v) is 15.4. The summed E-state index contributed by atoms with van der Waals surface area (Å²) in [5.74, 6) is -3.49. The molecular formula is C42H55NO11. The van der Waals surface area contributed by atoms with Crippen LogP contribution in [0.5, 0.6) is 0 Å². The van der Waals surface area contributed by atoms with Gasteiger partial charge in [0.05, 0.1) is 12.2 Å². The number of hydrogen-bond acceptors (Lipinski definition) is 12. The zero-order chi connectivity index (χ0) is 38.8. The average molecular weight is 750 g/mol. The van der Waals surface area contributed by atoms with Gasteiger partial charge in [-0.1, -0.05) is 86.6 Å². The fourth-order valence-electron chi connectivity index (χ4n) is 8.66. The summed E-state index contributed by atoms with van der Waals surface area (Å²) in [5, 5.41) is 27.8. The van der Waals surface area contributed by atoms with Crippen LogP contribution in [0.2, 0.25) is 0 Å². The van der Waals surface area contributed by atoms with Crippen LogP contribution in [-0.4, -0.2) is 96.4 Å². The Morgan fingerprint density at radius 3 is 2.54 bits per heavy atom. The number of aliphatic hydroxyl groups is 2. The van der Waals surface area contributed by atoms with Crippen molar-refractivity contribution in [1.82, 2.24) is 0 Å². The van der Waals surface area contributed by atoms with Crippen molar-refractivity contribution in [1.29, 1.82) is 0 Å². The highest BCUT2D eigenvalue weighted by molar-refractivity contribution is 6.43. The van der Waals surface area contributed by atoms with Crippen molar-refractivity contribution in [2.24, 2.45) is 22.9 Å². The van der Waals surface area contributed by atoms with E-state index in [1.807, 2.05) is 32.1 Å². The number of nitrogens with zero attached hydrogens (tertiary/aromatic N) is 1. The van der Waals surface area contributed by atoms with Crippen molar-refractivity contribution >= 4 is 17.7 Å². The maximum Gasteiger partial charge on any atom is 0.361 e. The van der Waals surface area contributed by atoms with Crippen LogP contribution in [0.1, 0.15) is 78.7 Å². The van der Waals surface area contributed by atoms with E-state index in [2.05, 4.69) is 19.0 Å². The summed E-state index contributed by atoms with van der Waals surface area (Å²) in [7, 11) is 2.81. The van der Waals surface area contributed by atoms with Crippen molar-refractivity contribution in [2.45, 2.75) is 127 Å². The summed E-state index contributed by atoms with van der Waals surface area (Å²) in [6.45, 7) is 9.79. The molecule has 4 aliphatic heterocycles. The molecule has 0 saturated carbocycles. The zero-order valence-corrected chi connectivity index (χ0v) is 32.3. The van der Waals surface area contributed by atoms with Crippen LogP contribution in [0.3, 0.4) is 0 Å². The maximum atomic E-state index is 14.3. The average Bonchev–Trinajstić information content (AvgIpc) is 3.46. The van der Waals surface area contributed by atoms with Gasteiger partial charge in [0.2, 0.25) is 0 Å². The highest BCUT2D eigenvalue weighted by Gasteiger charge is 2.63. The maximum absolute atomic E-state index is 14.3. The lowest BCUT2D eigenvalue weighted by molar-refractivity contribution is -0.335. The molecule has 12 heteroatoms. The van der Waals surface area contributed by atoms with E-state index < -0.39 is 66.1 Å². The molecule has 294 valence electrons. The molecule has 1 aliphatic carbocycles. The molecule has 0 amide bonds. The van der Waals surface area contributed by atoms with Crippen molar-refractivity contribution in [2.75, 3.05) is 14.2 Å². The molecule has 1 aromatic rings. The van der Waals surface area contributed by atoms with Gasteiger partial charge in [0.15, 0.2) is 17.8 Å². The number of rotatable bonds is 6. The lowest BCUT2D eigenvalue weighted by Crippen LogP contribution is -2.58. The smallest absolute Gasteiger partial charge is 0.361 e. The molecule has 1 spiro atoms. The Hall–Kier alpha value is -3.65. The molecule has 4 heterocycles. The Balaban J connectivity index is 1.42. The van der Waals surface area contributed by atoms with Crippen molar-refractivity contribution in [3.05, 3.63) is 83.0 Å². The van der Waals surface area contributed by atoms with Crippen LogP contribution < -0.4 is 0 Å². The van der Waals surface area contributed by atoms with E-state index in [4.69, 9.17) is 33.3 Å². The van der Waals surface area contributed by atoms with Gasteiger partial charge in [-0.3, -0.25) is 4.79 Å². The largest absolute Gasteiger partial charge is 0.462 e. The fourth-order valence-corrected chi connectivity index (χ4v) is 8.66. The third kappa shape index (κ3) is 7.87. The number of carbonyl (C=O) groups is 2. The van der Waals surface area contributed by atoms with Gasteiger partial charge in [0, 0.05) is 43.4 Å². The molecule has 5 aliphatic rings. The Bertz CT molecular complexity index is 1690. The first-order valence-corrected chi connectivity index (χ1v) is 19.1. The van der Waals surface area contributed by atoms with E-state index in [1.165, 1.54) is 14.2 Å². The number of fused-ring (bicyclic) bond motifs is 2. The van der Waals surface area contributed by atoms with E-state index in [0.717, 1.165) is 18.4 Å². The molecule has 0 radical (unpaired) electrons. The second-order valence-electron chi connectivity index (χ2n) is 15.4. The molecule has 54 heavy (non-hydrogen) atoms. The number of ether oxygens (including phenoxy) is 6. The van der Waals surface area contributed by atoms with E-state index in [0.29, 0.717) is 42.7 Å². The molecule has 2 N–H and O–H groups in total. The van der Waals surface area contributed by atoms with Gasteiger partial charge in [-0.05, 0) is 50.2 Å². The minimum absolute atomic E-state index is 0.0193. The summed E-state index contributed by atoms with van der Waals surface area (Å²) >= 11 is 0. The Labute approximate surface area is 317 Å². The molecule has 12 atom stereocenters. The number of esters is 2. The number of allylic oxidation sites excluding steroid dienone is 2. The van der Waals surface area contributed by atoms with Crippen LogP contribution >= 0.6 is 0 Å². The summed E-state index contributed by atoms with van der Waals surface area (Å²) in [6, 6.07) is 8.96. The van der Waals surface area contributed by atoms with Crippen molar-refractivity contribution in [3.63, 3.8) is 0 Å². The molecule has 2 bridgehead atoms. The predicted octanol–water partition coefficient (Wildman–Crippen LogP) is 5.47. The third-order valence-electron chi connectivity index (χ3n) is 11.6. The first-order chi connectivity index (χ1) is 25.8. The van der Waals surface area contributed by atoms with Crippen LogP contribution in [0.25, 0.3) is 0 Å². The van der Waals surface area contributed by atoms with E-state index >= 15 is 0 Å². The molecule has 0 aromatic heterocycles. The van der Waals surface area contributed by atoms with E-state index in [-0.39, 0.29) is 23.3 Å². The van der Waals surface area contributed by atoms with Gasteiger partial charge in [-0.25, -0.2) is 4.79 Å². The molecule has 6 rings (SSSR count). The van der Waals surface area contributed by atoms with E-state index in [9.17, 15) is 19.8 Å². The first-order valence-electron chi connectivity index (χ1n) is 19.1. The number of benzene rings is 1. The highest BCUT2D eigenvalue weighted by atomic mass is 16.7. The molecule has 12 nitrogen and oxygen atoms in total. The summed E-state index contributed by atoms with van der Waals surface area (Å²) < 4.78 is 37.8. The van der Waals surface area contributed by atoms with Gasteiger partial charge < -0.3 is 43.5 Å². The highest BCUT2D eigenvalue weighted by Crippen LogP contribution is 2.49. The van der Waals surface area contributed by atoms with Crippen molar-refractivity contribution in [3.8, 4) is 0 Å². The quantitative estimate of drug-likeness (QED) is 0.165. The normalized spacial score (nSPS) is 41.3. The minimum Gasteiger partial charge on any atom is -0.462 e. The molecule has 3 fully saturated rings. The lowest BCUT2D eigenvalue weighted by Gasteiger charge is -2.50. The summed E-state index contributed by atoms with van der Waals surface area (Å²) in [6.07, 6.45) is 7.07. The molecule has 3 saturated heterocycles. The van der Waals surface area contributed by atoms with Gasteiger partial charge in [-0.2, -0.15) is 0 Å². The predicted molar refractivity (Wildman–Crippen MR) is 199 cm³/mol. The lowest BCUT2D eigenvalue weighted by atomic mass is 9.70. The topological polar surface area (TPSA) is 152 Å². The molecular weight excluding hydrogens is 694 g/mol. The second kappa shape index (κ2) is 16.6. The summed E-state index contributed by atoms with van der Waals surface area (Å²) in [5.41, 5.74) is 0.0966. The van der Waals surface area contributed by atoms with Crippen LogP contribution in [0, 0.1) is 17.8 Å². The van der Waals surface area contributed by atoms with Crippen molar-refractivity contribution < 1.29 is 53.1 Å². The SMILES string of the molecule is CCC1OC2(CC[C@@H]1C)CC1CC(C/C=C(\C)C(OC(=O)/C(=N\OC)c3ccccc3)[C@@H](C)/C=C/C=C3\[C@H](OC)OC4[C@H](O)C(C)=CC(C(=O)O1)[C@]34O)O2. The Morgan fingerprint density at radius 2 is 1.83 bits per heavy atom. The van der Waals surface area contributed by atoms with Crippen LogP contribution in [0.15, 0.2) is 82.6 Å². The number of oxime groups is 1. The Morgan fingerprint density at radius 1 is 1.07 bits per heavy atom. The zero-order valence-electron chi connectivity index (χ0n) is 32.3. The number of aliphatic hydroxyl groups excluding tert-OH is 1. The minimum atomic E-state index is -1.99. The molecule has 1 aromatic carbocycles. The van der Waals surface area contributed by atoms with Gasteiger partial charge >= 0.3 is 11.9 Å². The number of carbonyl (C=O) groups excluding carboxylic acids is 2. The number of hydrogen-bond donors (Lipinski definition) is 2. The summed E-state index contributed by atoms with van der Waals surface area (Å²) in [4.78, 5) is 33.1. The number of methoxy groups -OCH3 is 1. The fraction of sp³-hybridized carbons (Fsp3) is 0.595. The van der Waals surface area contributed by atoms with Gasteiger partial charge in [-0.15, -0.1) is 0 Å². The first kappa shape index (κ1) is 40.0. The van der Waals surface area contributed by atoms with Gasteiger partial charge in [0.25, 0.3) is 0 Å². The van der Waals surface area contributed by atoms with Crippen LogP contribution in [-0.2, 0) is 42.8 Å². The van der Waals surface area contributed by atoms with E-state index in [1.54, 1.807) is 49.4 Å². The third-order valence-corrected chi connectivity index (χ3v) is 11.6. The van der Waals surface area contributed by atoms with Crippen LogP contribution in [0.4, 0.5) is 0 Å². The Kier molecular flexibility index (Phi) is 12.3.